The maximum atomic E-state index is 13.1. The van der Waals surface area contributed by atoms with E-state index in [-0.39, 0.29) is 29.9 Å². The van der Waals surface area contributed by atoms with Crippen LogP contribution in [0.2, 0.25) is 0 Å². The third kappa shape index (κ3) is 6.18. The van der Waals surface area contributed by atoms with Crippen molar-refractivity contribution in [2.45, 2.75) is 72.8 Å². The predicted octanol–water partition coefficient (Wildman–Crippen LogP) is 4.35. The molecule has 0 atom stereocenters. The number of ether oxygens (including phenoxy) is 1. The molecule has 0 aliphatic heterocycles. The van der Waals surface area contributed by atoms with Gasteiger partial charge in [0, 0.05) is 11.6 Å². The van der Waals surface area contributed by atoms with Crippen LogP contribution in [0, 0.1) is 0 Å². The number of aryl methyl sites for hydroxylation is 1. The standard InChI is InChI=1S/C21H33NO3/c1-8-10-25-19(23)14-22(15(3)4)20(24)17-11-16(9-2)12-18(13-17)21(5,6)7/h11-13,15H,8-10,14H2,1-7H3. The fraction of sp³-hybridized carbons (Fsp3) is 0.619. The maximum Gasteiger partial charge on any atom is 0.325 e. The van der Waals surface area contributed by atoms with Crippen LogP contribution in [0.4, 0.5) is 0 Å². The van der Waals surface area contributed by atoms with Crippen LogP contribution < -0.4 is 0 Å². The fourth-order valence-electron chi connectivity index (χ4n) is 2.51. The lowest BCUT2D eigenvalue weighted by Crippen LogP contribution is -2.41. The molecule has 0 bridgehead atoms. The molecule has 1 aromatic rings. The number of hydrogen-bond donors (Lipinski definition) is 0. The Balaban J connectivity index is 3.14. The summed E-state index contributed by atoms with van der Waals surface area (Å²) in [5, 5.41) is 0. The number of carbonyl (C=O) groups excluding carboxylic acids is 2. The van der Waals surface area contributed by atoms with Crippen molar-refractivity contribution in [1.29, 1.82) is 0 Å². The Hall–Kier alpha value is -1.84. The molecule has 0 aliphatic rings. The van der Waals surface area contributed by atoms with Gasteiger partial charge in [-0.3, -0.25) is 9.59 Å². The van der Waals surface area contributed by atoms with E-state index in [4.69, 9.17) is 4.74 Å². The summed E-state index contributed by atoms with van der Waals surface area (Å²) in [6.07, 6.45) is 1.64. The largest absolute Gasteiger partial charge is 0.464 e. The Morgan fingerprint density at radius 2 is 1.76 bits per heavy atom. The van der Waals surface area contributed by atoms with Crippen LogP contribution in [0.15, 0.2) is 18.2 Å². The first kappa shape index (κ1) is 21.2. The van der Waals surface area contributed by atoms with E-state index in [1.54, 1.807) is 4.90 Å². The number of carbonyl (C=O) groups is 2. The molecule has 0 fully saturated rings. The summed E-state index contributed by atoms with van der Waals surface area (Å²) in [6, 6.07) is 5.97. The molecule has 0 saturated carbocycles. The van der Waals surface area contributed by atoms with Crippen molar-refractivity contribution in [3.8, 4) is 0 Å². The molecular weight excluding hydrogens is 314 g/mol. The molecule has 0 unspecified atom stereocenters. The van der Waals surface area contributed by atoms with Crippen molar-refractivity contribution < 1.29 is 14.3 Å². The second-order valence-corrected chi connectivity index (χ2v) is 7.77. The maximum absolute atomic E-state index is 13.1. The van der Waals surface area contributed by atoms with Crippen LogP contribution in [0.3, 0.4) is 0 Å². The van der Waals surface area contributed by atoms with E-state index in [0.29, 0.717) is 12.2 Å². The highest BCUT2D eigenvalue weighted by molar-refractivity contribution is 5.96. The van der Waals surface area contributed by atoms with Crippen molar-refractivity contribution in [1.82, 2.24) is 4.90 Å². The average molecular weight is 347 g/mol. The smallest absolute Gasteiger partial charge is 0.325 e. The van der Waals surface area contributed by atoms with Gasteiger partial charge in [-0.05, 0) is 55.4 Å². The van der Waals surface area contributed by atoms with Crippen molar-refractivity contribution in [3.63, 3.8) is 0 Å². The third-order valence-electron chi connectivity index (χ3n) is 4.16. The second kappa shape index (κ2) is 9.02. The van der Waals surface area contributed by atoms with E-state index < -0.39 is 0 Å². The SMILES string of the molecule is CCCOC(=O)CN(C(=O)c1cc(CC)cc(C(C)(C)C)c1)C(C)C. The fourth-order valence-corrected chi connectivity index (χ4v) is 2.51. The summed E-state index contributed by atoms with van der Waals surface area (Å²) in [5.74, 6) is -0.476. The lowest BCUT2D eigenvalue weighted by atomic mass is 9.84. The van der Waals surface area contributed by atoms with Gasteiger partial charge in [-0.25, -0.2) is 0 Å². The molecule has 0 aliphatic carbocycles. The molecule has 4 heteroatoms. The molecule has 25 heavy (non-hydrogen) atoms. The van der Waals surface area contributed by atoms with Gasteiger partial charge in [0.2, 0.25) is 0 Å². The summed E-state index contributed by atoms with van der Waals surface area (Å²) < 4.78 is 5.15. The number of esters is 1. The van der Waals surface area contributed by atoms with E-state index in [1.807, 2.05) is 32.9 Å². The Morgan fingerprint density at radius 1 is 1.12 bits per heavy atom. The molecule has 0 aromatic heterocycles. The molecule has 0 radical (unpaired) electrons. The molecule has 0 N–H and O–H groups in total. The van der Waals surface area contributed by atoms with Crippen molar-refractivity contribution in [2.75, 3.05) is 13.2 Å². The molecule has 1 rings (SSSR count). The van der Waals surface area contributed by atoms with Gasteiger partial charge in [0.1, 0.15) is 6.54 Å². The first-order chi connectivity index (χ1) is 11.6. The van der Waals surface area contributed by atoms with Crippen molar-refractivity contribution in [2.24, 2.45) is 0 Å². The monoisotopic (exact) mass is 347 g/mol. The summed E-state index contributed by atoms with van der Waals surface area (Å²) in [7, 11) is 0. The average Bonchev–Trinajstić information content (AvgIpc) is 2.55. The van der Waals surface area contributed by atoms with Crippen LogP contribution in [0.25, 0.3) is 0 Å². The Bertz CT molecular complexity index is 600. The Kier molecular flexibility index (Phi) is 7.65. The zero-order chi connectivity index (χ0) is 19.2. The topological polar surface area (TPSA) is 46.6 Å². The van der Waals surface area contributed by atoms with Gasteiger partial charge in [0.05, 0.1) is 6.61 Å². The first-order valence-corrected chi connectivity index (χ1v) is 9.21. The second-order valence-electron chi connectivity index (χ2n) is 7.77. The summed E-state index contributed by atoms with van der Waals surface area (Å²) >= 11 is 0. The lowest BCUT2D eigenvalue weighted by molar-refractivity contribution is -0.144. The molecule has 4 nitrogen and oxygen atoms in total. The van der Waals surface area contributed by atoms with Crippen LogP contribution >= 0.6 is 0 Å². The van der Waals surface area contributed by atoms with Gasteiger partial charge in [0.15, 0.2) is 0 Å². The molecule has 0 saturated heterocycles. The lowest BCUT2D eigenvalue weighted by Gasteiger charge is -2.27. The summed E-state index contributed by atoms with van der Waals surface area (Å²) in [6.45, 7) is 14.6. The van der Waals surface area contributed by atoms with E-state index in [0.717, 1.165) is 24.0 Å². The normalized spacial score (nSPS) is 11.5. The zero-order valence-electron chi connectivity index (χ0n) is 16.8. The minimum Gasteiger partial charge on any atom is -0.464 e. The van der Waals surface area contributed by atoms with Crippen molar-refractivity contribution >= 4 is 11.9 Å². The number of amides is 1. The van der Waals surface area contributed by atoms with Crippen LogP contribution in [-0.4, -0.2) is 36.0 Å². The first-order valence-electron chi connectivity index (χ1n) is 9.21. The molecular formula is C21H33NO3. The highest BCUT2D eigenvalue weighted by atomic mass is 16.5. The van der Waals surface area contributed by atoms with E-state index in [2.05, 4.69) is 33.8 Å². The highest BCUT2D eigenvalue weighted by Gasteiger charge is 2.24. The van der Waals surface area contributed by atoms with Crippen LogP contribution in [0.5, 0.6) is 0 Å². The zero-order valence-corrected chi connectivity index (χ0v) is 16.8. The predicted molar refractivity (Wildman–Crippen MR) is 102 cm³/mol. The van der Waals surface area contributed by atoms with E-state index >= 15 is 0 Å². The number of rotatable bonds is 7. The van der Waals surface area contributed by atoms with E-state index in [9.17, 15) is 9.59 Å². The van der Waals surface area contributed by atoms with Gasteiger partial charge >= 0.3 is 5.97 Å². The minimum atomic E-state index is -0.355. The van der Waals surface area contributed by atoms with Gasteiger partial charge < -0.3 is 9.64 Å². The molecule has 0 spiro atoms. The van der Waals surface area contributed by atoms with Gasteiger partial charge in [-0.2, -0.15) is 0 Å². The molecule has 1 aromatic carbocycles. The highest BCUT2D eigenvalue weighted by Crippen LogP contribution is 2.25. The molecule has 140 valence electrons. The van der Waals surface area contributed by atoms with Gasteiger partial charge in [-0.1, -0.05) is 40.7 Å². The number of hydrogen-bond acceptors (Lipinski definition) is 3. The number of benzene rings is 1. The van der Waals surface area contributed by atoms with Gasteiger partial charge in [0.25, 0.3) is 5.91 Å². The van der Waals surface area contributed by atoms with Gasteiger partial charge in [-0.15, -0.1) is 0 Å². The quantitative estimate of drug-likeness (QED) is 0.689. The Morgan fingerprint density at radius 3 is 2.24 bits per heavy atom. The number of nitrogens with zero attached hydrogens (tertiary/aromatic N) is 1. The summed E-state index contributed by atoms with van der Waals surface area (Å²) in [5.41, 5.74) is 2.87. The van der Waals surface area contributed by atoms with Crippen LogP contribution in [0.1, 0.15) is 76.4 Å². The minimum absolute atomic E-state index is 0.0162. The van der Waals surface area contributed by atoms with Crippen molar-refractivity contribution in [3.05, 3.63) is 34.9 Å². The Labute approximate surface area is 152 Å². The third-order valence-corrected chi connectivity index (χ3v) is 4.16. The summed E-state index contributed by atoms with van der Waals surface area (Å²) in [4.78, 5) is 26.6. The van der Waals surface area contributed by atoms with E-state index in [1.165, 1.54) is 0 Å². The molecule has 0 heterocycles. The molecule has 1 amide bonds. The van der Waals surface area contributed by atoms with Crippen LogP contribution in [-0.2, 0) is 21.4 Å².